The van der Waals surface area contributed by atoms with Crippen molar-refractivity contribution in [3.8, 4) is 0 Å². The largest absolute Gasteiger partial charge is 0.294 e. The van der Waals surface area contributed by atoms with Crippen LogP contribution in [0.15, 0.2) is 34.9 Å². The van der Waals surface area contributed by atoms with Crippen LogP contribution >= 0.6 is 15.9 Å². The topological polar surface area (TPSA) is 30.0 Å². The van der Waals surface area contributed by atoms with Crippen LogP contribution in [0.4, 0.5) is 8.78 Å². The number of hydrogen-bond donors (Lipinski definition) is 0. The Balaban J connectivity index is 2.28. The number of halogens is 3. The Hall–Kier alpha value is -1.62. The molecule has 1 aromatic heterocycles. The summed E-state index contributed by atoms with van der Waals surface area (Å²) in [7, 11) is 0. The first-order chi connectivity index (χ1) is 8.97. The summed E-state index contributed by atoms with van der Waals surface area (Å²) >= 11 is 2.97. The van der Waals surface area contributed by atoms with E-state index in [1.807, 2.05) is 6.92 Å². The zero-order chi connectivity index (χ0) is 14.0. The summed E-state index contributed by atoms with van der Waals surface area (Å²) in [4.78, 5) is 16.0. The summed E-state index contributed by atoms with van der Waals surface area (Å²) in [5, 5.41) is 0. The number of hydrogen-bond acceptors (Lipinski definition) is 2. The second-order valence-corrected chi connectivity index (χ2v) is 5.09. The standard InChI is InChI=1S/C14H10BrF2NO/c1-8-2-3-10(18-7-8)6-13(19)14-11(16)4-9(15)5-12(14)17/h2-5,7H,6H2,1H3. The predicted molar refractivity (Wildman–Crippen MR) is 71.1 cm³/mol. The normalized spacial score (nSPS) is 10.5. The molecule has 2 rings (SSSR count). The molecule has 0 aliphatic carbocycles. The van der Waals surface area contributed by atoms with Crippen molar-refractivity contribution in [2.75, 3.05) is 0 Å². The van der Waals surface area contributed by atoms with Crippen LogP contribution in [0.25, 0.3) is 0 Å². The van der Waals surface area contributed by atoms with Crippen LogP contribution in [0.5, 0.6) is 0 Å². The number of ketones is 1. The predicted octanol–water partition coefficient (Wildman–Crippen LogP) is 3.86. The highest BCUT2D eigenvalue weighted by molar-refractivity contribution is 9.10. The molecular formula is C14H10BrF2NO. The number of rotatable bonds is 3. The minimum atomic E-state index is -0.871. The third kappa shape index (κ3) is 3.23. The van der Waals surface area contributed by atoms with E-state index in [9.17, 15) is 13.6 Å². The van der Waals surface area contributed by atoms with E-state index in [1.54, 1.807) is 18.3 Å². The van der Waals surface area contributed by atoms with Gasteiger partial charge >= 0.3 is 0 Å². The van der Waals surface area contributed by atoms with Crippen LogP contribution in [0.3, 0.4) is 0 Å². The van der Waals surface area contributed by atoms with Gasteiger partial charge in [0, 0.05) is 16.4 Å². The Morgan fingerprint density at radius 1 is 1.26 bits per heavy atom. The number of Topliss-reactive ketones (excluding diaryl/α,β-unsaturated/α-hetero) is 1. The van der Waals surface area contributed by atoms with Gasteiger partial charge in [-0.25, -0.2) is 8.78 Å². The lowest BCUT2D eigenvalue weighted by atomic mass is 10.0. The minimum absolute atomic E-state index is 0.129. The van der Waals surface area contributed by atoms with Gasteiger partial charge in [-0.05, 0) is 30.7 Å². The molecular weight excluding hydrogens is 316 g/mol. The van der Waals surface area contributed by atoms with E-state index in [1.165, 1.54) is 0 Å². The Bertz CT molecular complexity index is 603. The van der Waals surface area contributed by atoms with Gasteiger partial charge in [0.2, 0.25) is 0 Å². The first-order valence-electron chi connectivity index (χ1n) is 5.56. The fourth-order valence-electron chi connectivity index (χ4n) is 1.66. The molecule has 0 atom stereocenters. The molecule has 0 saturated heterocycles. The average molecular weight is 326 g/mol. The van der Waals surface area contributed by atoms with Gasteiger partial charge in [-0.2, -0.15) is 0 Å². The molecule has 0 aliphatic heterocycles. The van der Waals surface area contributed by atoms with Crippen molar-refractivity contribution < 1.29 is 13.6 Å². The molecule has 2 nitrogen and oxygen atoms in total. The Labute approximate surface area is 117 Å². The van der Waals surface area contributed by atoms with Crippen LogP contribution in [0.1, 0.15) is 21.6 Å². The number of carbonyl (C=O) groups excluding carboxylic acids is 1. The van der Waals surface area contributed by atoms with Crippen molar-refractivity contribution in [3.63, 3.8) is 0 Å². The maximum Gasteiger partial charge on any atom is 0.174 e. The van der Waals surface area contributed by atoms with Gasteiger partial charge in [-0.15, -0.1) is 0 Å². The summed E-state index contributed by atoms with van der Waals surface area (Å²) in [5.74, 6) is -2.37. The highest BCUT2D eigenvalue weighted by atomic mass is 79.9. The van der Waals surface area contributed by atoms with Crippen LogP contribution in [-0.4, -0.2) is 10.8 Å². The van der Waals surface area contributed by atoms with E-state index in [4.69, 9.17) is 0 Å². The Kier molecular flexibility index (Phi) is 4.04. The molecule has 1 aromatic carbocycles. The van der Waals surface area contributed by atoms with Gasteiger partial charge in [0.15, 0.2) is 5.78 Å². The van der Waals surface area contributed by atoms with Gasteiger partial charge in [-0.1, -0.05) is 22.0 Å². The minimum Gasteiger partial charge on any atom is -0.294 e. The summed E-state index contributed by atoms with van der Waals surface area (Å²) in [6.07, 6.45) is 1.48. The fraction of sp³-hybridized carbons (Fsp3) is 0.143. The van der Waals surface area contributed by atoms with Crippen molar-refractivity contribution in [3.05, 3.63) is 63.4 Å². The van der Waals surface area contributed by atoms with Crippen molar-refractivity contribution >= 4 is 21.7 Å². The van der Waals surface area contributed by atoms with E-state index in [2.05, 4.69) is 20.9 Å². The second kappa shape index (κ2) is 5.57. The zero-order valence-corrected chi connectivity index (χ0v) is 11.7. The number of pyridine rings is 1. The number of aryl methyl sites for hydroxylation is 1. The third-order valence-corrected chi connectivity index (χ3v) is 3.06. The van der Waals surface area contributed by atoms with Crippen molar-refractivity contribution in [1.82, 2.24) is 4.98 Å². The number of aromatic nitrogens is 1. The molecule has 19 heavy (non-hydrogen) atoms. The summed E-state index contributed by atoms with van der Waals surface area (Å²) in [6.45, 7) is 1.87. The number of nitrogens with zero attached hydrogens (tertiary/aromatic N) is 1. The molecule has 0 aliphatic rings. The molecule has 0 N–H and O–H groups in total. The second-order valence-electron chi connectivity index (χ2n) is 4.17. The molecule has 0 radical (unpaired) electrons. The van der Waals surface area contributed by atoms with Crippen LogP contribution in [0, 0.1) is 18.6 Å². The van der Waals surface area contributed by atoms with Gasteiger partial charge in [-0.3, -0.25) is 9.78 Å². The van der Waals surface area contributed by atoms with E-state index < -0.39 is 23.0 Å². The van der Waals surface area contributed by atoms with E-state index >= 15 is 0 Å². The van der Waals surface area contributed by atoms with Crippen LogP contribution in [0.2, 0.25) is 0 Å². The smallest absolute Gasteiger partial charge is 0.174 e. The molecule has 0 bridgehead atoms. The van der Waals surface area contributed by atoms with Gasteiger partial charge in [0.05, 0.1) is 12.0 Å². The van der Waals surface area contributed by atoms with E-state index in [-0.39, 0.29) is 10.9 Å². The molecule has 0 unspecified atom stereocenters. The van der Waals surface area contributed by atoms with Crippen LogP contribution < -0.4 is 0 Å². The summed E-state index contributed by atoms with van der Waals surface area (Å²) in [5.41, 5.74) is 0.917. The molecule has 1 heterocycles. The molecule has 5 heteroatoms. The fourth-order valence-corrected chi connectivity index (χ4v) is 2.07. The molecule has 2 aromatic rings. The maximum atomic E-state index is 13.6. The quantitative estimate of drug-likeness (QED) is 0.802. The molecule has 0 amide bonds. The lowest BCUT2D eigenvalue weighted by molar-refractivity contribution is 0.0984. The SMILES string of the molecule is Cc1ccc(CC(=O)c2c(F)cc(Br)cc2F)nc1. The molecule has 98 valence electrons. The zero-order valence-electron chi connectivity index (χ0n) is 10.1. The highest BCUT2D eigenvalue weighted by Crippen LogP contribution is 2.20. The number of benzene rings is 1. The van der Waals surface area contributed by atoms with Crippen LogP contribution in [-0.2, 0) is 6.42 Å². The monoisotopic (exact) mass is 325 g/mol. The number of carbonyl (C=O) groups is 1. The van der Waals surface area contributed by atoms with Crippen molar-refractivity contribution in [2.24, 2.45) is 0 Å². The van der Waals surface area contributed by atoms with Gasteiger partial charge in [0.1, 0.15) is 11.6 Å². The first-order valence-corrected chi connectivity index (χ1v) is 6.36. The molecule has 0 spiro atoms. The molecule has 0 saturated carbocycles. The highest BCUT2D eigenvalue weighted by Gasteiger charge is 2.18. The molecule has 0 fully saturated rings. The lowest BCUT2D eigenvalue weighted by Crippen LogP contribution is -2.10. The van der Waals surface area contributed by atoms with Crippen molar-refractivity contribution in [1.29, 1.82) is 0 Å². The van der Waals surface area contributed by atoms with E-state index in [0.29, 0.717) is 5.69 Å². The van der Waals surface area contributed by atoms with Crippen molar-refractivity contribution in [2.45, 2.75) is 13.3 Å². The Morgan fingerprint density at radius 3 is 2.42 bits per heavy atom. The van der Waals surface area contributed by atoms with Gasteiger partial charge in [0.25, 0.3) is 0 Å². The average Bonchev–Trinajstić information content (AvgIpc) is 2.30. The van der Waals surface area contributed by atoms with E-state index in [0.717, 1.165) is 17.7 Å². The third-order valence-electron chi connectivity index (χ3n) is 2.60. The summed E-state index contributed by atoms with van der Waals surface area (Å²) in [6, 6.07) is 5.60. The Morgan fingerprint density at radius 2 is 1.89 bits per heavy atom. The lowest BCUT2D eigenvalue weighted by Gasteiger charge is -2.05. The van der Waals surface area contributed by atoms with Gasteiger partial charge < -0.3 is 0 Å². The summed E-state index contributed by atoms with van der Waals surface area (Å²) < 4.78 is 27.5. The first kappa shape index (κ1) is 13.8. The maximum absolute atomic E-state index is 13.6.